The van der Waals surface area contributed by atoms with Crippen molar-refractivity contribution in [2.45, 2.75) is 12.6 Å². The summed E-state index contributed by atoms with van der Waals surface area (Å²) in [7, 11) is 1.93. The number of rotatable bonds is 2. The molecule has 0 aromatic rings. The normalized spacial score (nSPS) is 28.3. The van der Waals surface area contributed by atoms with Gasteiger partial charge in [-0.3, -0.25) is 5.32 Å². The SMILES string of the molecule is CNCC1NCCCO1. The molecule has 0 aliphatic carbocycles. The van der Waals surface area contributed by atoms with Gasteiger partial charge in [-0.15, -0.1) is 0 Å². The summed E-state index contributed by atoms with van der Waals surface area (Å²) in [6.45, 7) is 2.89. The Morgan fingerprint density at radius 1 is 1.78 bits per heavy atom. The van der Waals surface area contributed by atoms with E-state index in [1.54, 1.807) is 0 Å². The van der Waals surface area contributed by atoms with Gasteiger partial charge < -0.3 is 10.1 Å². The lowest BCUT2D eigenvalue weighted by Gasteiger charge is -2.23. The molecule has 1 saturated heterocycles. The van der Waals surface area contributed by atoms with Crippen molar-refractivity contribution in [2.75, 3.05) is 26.7 Å². The van der Waals surface area contributed by atoms with Crippen LogP contribution >= 0.6 is 0 Å². The predicted molar refractivity (Wildman–Crippen MR) is 36.3 cm³/mol. The van der Waals surface area contributed by atoms with E-state index in [1.165, 1.54) is 0 Å². The van der Waals surface area contributed by atoms with E-state index < -0.39 is 0 Å². The second-order valence-corrected chi connectivity index (χ2v) is 2.22. The Bertz CT molecular complexity index is 68.7. The first kappa shape index (κ1) is 6.99. The van der Waals surface area contributed by atoms with Crippen molar-refractivity contribution in [2.24, 2.45) is 0 Å². The summed E-state index contributed by atoms with van der Waals surface area (Å²) in [5, 5.41) is 6.29. The van der Waals surface area contributed by atoms with Crippen LogP contribution in [0.1, 0.15) is 6.42 Å². The molecular weight excluding hydrogens is 116 g/mol. The minimum Gasteiger partial charge on any atom is -0.362 e. The van der Waals surface area contributed by atoms with Gasteiger partial charge in [0, 0.05) is 13.2 Å². The molecule has 1 aliphatic rings. The molecule has 9 heavy (non-hydrogen) atoms. The van der Waals surface area contributed by atoms with Crippen molar-refractivity contribution in [1.29, 1.82) is 0 Å². The minimum atomic E-state index is 0.240. The molecule has 0 radical (unpaired) electrons. The number of likely N-dealkylation sites (N-methyl/N-ethyl adjacent to an activating group) is 1. The van der Waals surface area contributed by atoms with Crippen LogP contribution in [0.5, 0.6) is 0 Å². The quantitative estimate of drug-likeness (QED) is 0.531. The molecule has 1 atom stereocenters. The molecule has 0 spiro atoms. The second-order valence-electron chi connectivity index (χ2n) is 2.22. The van der Waals surface area contributed by atoms with Gasteiger partial charge in [-0.1, -0.05) is 0 Å². The van der Waals surface area contributed by atoms with Gasteiger partial charge in [0.25, 0.3) is 0 Å². The van der Waals surface area contributed by atoms with Crippen molar-refractivity contribution in [3.05, 3.63) is 0 Å². The van der Waals surface area contributed by atoms with E-state index in [-0.39, 0.29) is 6.23 Å². The highest BCUT2D eigenvalue weighted by atomic mass is 16.5. The fourth-order valence-corrected chi connectivity index (χ4v) is 0.936. The third-order valence-corrected chi connectivity index (χ3v) is 1.40. The summed E-state index contributed by atoms with van der Waals surface area (Å²) < 4.78 is 5.34. The van der Waals surface area contributed by atoms with Crippen LogP contribution < -0.4 is 10.6 Å². The van der Waals surface area contributed by atoms with E-state index >= 15 is 0 Å². The Balaban J connectivity index is 2.08. The number of hydrogen-bond acceptors (Lipinski definition) is 3. The van der Waals surface area contributed by atoms with Gasteiger partial charge in [-0.25, -0.2) is 0 Å². The number of ether oxygens (including phenoxy) is 1. The van der Waals surface area contributed by atoms with E-state index in [0.717, 1.165) is 26.1 Å². The van der Waals surface area contributed by atoms with Crippen molar-refractivity contribution in [3.63, 3.8) is 0 Å². The summed E-state index contributed by atoms with van der Waals surface area (Å²) in [6, 6.07) is 0. The molecule has 1 unspecified atom stereocenters. The van der Waals surface area contributed by atoms with Gasteiger partial charge in [0.05, 0.1) is 0 Å². The predicted octanol–water partition coefficient (Wildman–Crippen LogP) is -0.458. The standard InChI is InChI=1S/C6H14N2O/c1-7-5-6-8-3-2-4-9-6/h6-8H,2-5H2,1H3. The van der Waals surface area contributed by atoms with Gasteiger partial charge in [0.2, 0.25) is 0 Å². The van der Waals surface area contributed by atoms with E-state index in [2.05, 4.69) is 10.6 Å². The Morgan fingerprint density at radius 2 is 2.67 bits per heavy atom. The fourth-order valence-electron chi connectivity index (χ4n) is 0.936. The lowest BCUT2D eigenvalue weighted by molar-refractivity contribution is 0.00338. The monoisotopic (exact) mass is 130 g/mol. The maximum Gasteiger partial charge on any atom is 0.120 e. The molecule has 3 nitrogen and oxygen atoms in total. The van der Waals surface area contributed by atoms with Crippen LogP contribution in [0.4, 0.5) is 0 Å². The van der Waals surface area contributed by atoms with Crippen molar-refractivity contribution in [1.82, 2.24) is 10.6 Å². The summed E-state index contributed by atoms with van der Waals surface area (Å²) in [5.74, 6) is 0. The molecular formula is C6H14N2O. The van der Waals surface area contributed by atoms with E-state index in [0.29, 0.717) is 0 Å². The first-order valence-electron chi connectivity index (χ1n) is 3.43. The summed E-state index contributed by atoms with van der Waals surface area (Å²) in [5.41, 5.74) is 0. The molecule has 0 bridgehead atoms. The zero-order valence-corrected chi connectivity index (χ0v) is 5.81. The average molecular weight is 130 g/mol. The molecule has 1 heterocycles. The Morgan fingerprint density at radius 3 is 3.22 bits per heavy atom. The van der Waals surface area contributed by atoms with Gasteiger partial charge in [0.1, 0.15) is 6.23 Å². The third kappa shape index (κ3) is 2.30. The fraction of sp³-hybridized carbons (Fsp3) is 1.00. The molecule has 54 valence electrons. The van der Waals surface area contributed by atoms with Gasteiger partial charge in [0.15, 0.2) is 0 Å². The van der Waals surface area contributed by atoms with Gasteiger partial charge in [-0.2, -0.15) is 0 Å². The zero-order chi connectivity index (χ0) is 6.53. The minimum absolute atomic E-state index is 0.240. The topological polar surface area (TPSA) is 33.3 Å². The molecule has 2 N–H and O–H groups in total. The number of nitrogens with one attached hydrogen (secondary N) is 2. The van der Waals surface area contributed by atoms with Crippen LogP contribution in [0.3, 0.4) is 0 Å². The highest BCUT2D eigenvalue weighted by Gasteiger charge is 2.09. The van der Waals surface area contributed by atoms with Crippen molar-refractivity contribution >= 4 is 0 Å². The lowest BCUT2D eigenvalue weighted by Crippen LogP contribution is -2.44. The molecule has 0 aromatic carbocycles. The zero-order valence-electron chi connectivity index (χ0n) is 5.81. The smallest absolute Gasteiger partial charge is 0.120 e. The lowest BCUT2D eigenvalue weighted by atomic mass is 10.4. The maximum atomic E-state index is 5.34. The first-order chi connectivity index (χ1) is 4.43. The highest BCUT2D eigenvalue weighted by molar-refractivity contribution is 4.62. The summed E-state index contributed by atoms with van der Waals surface area (Å²) in [6.07, 6.45) is 1.38. The van der Waals surface area contributed by atoms with Gasteiger partial charge >= 0.3 is 0 Å². The van der Waals surface area contributed by atoms with Gasteiger partial charge in [-0.05, 0) is 20.0 Å². The van der Waals surface area contributed by atoms with Crippen molar-refractivity contribution < 1.29 is 4.74 Å². The highest BCUT2D eigenvalue weighted by Crippen LogP contribution is 1.94. The van der Waals surface area contributed by atoms with Crippen molar-refractivity contribution in [3.8, 4) is 0 Å². The van der Waals surface area contributed by atoms with Crippen LogP contribution in [-0.4, -0.2) is 33.0 Å². The van der Waals surface area contributed by atoms with Crippen LogP contribution in [0, 0.1) is 0 Å². The molecule has 1 rings (SSSR count). The van der Waals surface area contributed by atoms with E-state index in [1.807, 2.05) is 7.05 Å². The second kappa shape index (κ2) is 3.82. The summed E-state index contributed by atoms with van der Waals surface area (Å²) in [4.78, 5) is 0. The average Bonchev–Trinajstić information content (AvgIpc) is 1.91. The number of hydrogen-bond donors (Lipinski definition) is 2. The molecule has 0 saturated carbocycles. The molecule has 0 amide bonds. The first-order valence-corrected chi connectivity index (χ1v) is 3.43. The molecule has 1 aliphatic heterocycles. The van der Waals surface area contributed by atoms with Crippen LogP contribution in [0.2, 0.25) is 0 Å². The van der Waals surface area contributed by atoms with E-state index in [9.17, 15) is 0 Å². The molecule has 0 aromatic heterocycles. The maximum absolute atomic E-state index is 5.34. The van der Waals surface area contributed by atoms with E-state index in [4.69, 9.17) is 4.74 Å². The largest absolute Gasteiger partial charge is 0.362 e. The van der Waals surface area contributed by atoms with Crippen LogP contribution in [-0.2, 0) is 4.74 Å². The summed E-state index contributed by atoms with van der Waals surface area (Å²) >= 11 is 0. The van der Waals surface area contributed by atoms with Crippen LogP contribution in [0.15, 0.2) is 0 Å². The molecule has 1 fully saturated rings. The Labute approximate surface area is 55.8 Å². The third-order valence-electron chi connectivity index (χ3n) is 1.40. The Hall–Kier alpha value is -0.120. The van der Waals surface area contributed by atoms with Crippen LogP contribution in [0.25, 0.3) is 0 Å². The molecule has 3 heteroatoms. The Kier molecular flexibility index (Phi) is 2.97.